The third-order valence-electron chi connectivity index (χ3n) is 2.06. The van der Waals surface area contributed by atoms with Gasteiger partial charge in [0.05, 0.1) is 0 Å². The summed E-state index contributed by atoms with van der Waals surface area (Å²) in [7, 11) is 0. The minimum Gasteiger partial charge on any atom is -0.367 e. The van der Waals surface area contributed by atoms with Gasteiger partial charge < -0.3 is 10.3 Å². The predicted octanol–water partition coefficient (Wildman–Crippen LogP) is 2.69. The standard InChI is InChI=1S/C10H15F3N2/c1-8(4-10(11,12)13)5-15-7-9-2-3-14-6-9/h2-3,6,8,14-15H,4-5,7H2,1H3/t8-/m1/s1. The van der Waals surface area contributed by atoms with Crippen molar-refractivity contribution in [2.24, 2.45) is 5.92 Å². The van der Waals surface area contributed by atoms with Crippen molar-refractivity contribution in [2.75, 3.05) is 6.54 Å². The summed E-state index contributed by atoms with van der Waals surface area (Å²) in [5, 5.41) is 2.99. The molecule has 0 radical (unpaired) electrons. The summed E-state index contributed by atoms with van der Waals surface area (Å²) in [5.74, 6) is -0.385. The Hall–Kier alpha value is -0.970. The Morgan fingerprint density at radius 3 is 2.73 bits per heavy atom. The first-order valence-corrected chi connectivity index (χ1v) is 4.86. The summed E-state index contributed by atoms with van der Waals surface area (Å²) in [5.41, 5.74) is 1.05. The van der Waals surface area contributed by atoms with Gasteiger partial charge in [-0.1, -0.05) is 6.92 Å². The number of halogens is 3. The van der Waals surface area contributed by atoms with E-state index in [1.54, 1.807) is 13.1 Å². The number of aromatic nitrogens is 1. The van der Waals surface area contributed by atoms with Gasteiger partial charge >= 0.3 is 6.18 Å². The van der Waals surface area contributed by atoms with Gasteiger partial charge in [-0.2, -0.15) is 13.2 Å². The third kappa shape index (κ3) is 5.47. The summed E-state index contributed by atoms with van der Waals surface area (Å²) in [6.45, 7) is 2.58. The van der Waals surface area contributed by atoms with E-state index < -0.39 is 12.6 Å². The summed E-state index contributed by atoms with van der Waals surface area (Å²) in [6.07, 6.45) is -1.18. The minimum atomic E-state index is -4.06. The Morgan fingerprint density at radius 2 is 2.20 bits per heavy atom. The van der Waals surface area contributed by atoms with E-state index in [9.17, 15) is 13.2 Å². The lowest BCUT2D eigenvalue weighted by Gasteiger charge is -2.14. The molecular formula is C10H15F3N2. The molecule has 0 spiro atoms. The van der Waals surface area contributed by atoms with Crippen molar-refractivity contribution in [3.05, 3.63) is 24.0 Å². The molecule has 1 rings (SSSR count). The van der Waals surface area contributed by atoms with E-state index in [-0.39, 0.29) is 5.92 Å². The molecule has 2 nitrogen and oxygen atoms in total. The SMILES string of the molecule is C[C@@H](CNCc1cc[nH]c1)CC(F)(F)F. The van der Waals surface area contributed by atoms with Crippen molar-refractivity contribution < 1.29 is 13.2 Å². The second kappa shape index (κ2) is 5.21. The molecule has 0 aliphatic heterocycles. The molecule has 0 unspecified atom stereocenters. The normalized spacial score (nSPS) is 14.1. The van der Waals surface area contributed by atoms with E-state index >= 15 is 0 Å². The summed E-state index contributed by atoms with van der Waals surface area (Å²) in [6, 6.07) is 1.89. The molecule has 0 fully saturated rings. The maximum absolute atomic E-state index is 12.0. The van der Waals surface area contributed by atoms with Gasteiger partial charge in [-0.25, -0.2) is 0 Å². The molecule has 2 N–H and O–H groups in total. The number of hydrogen-bond donors (Lipinski definition) is 2. The zero-order chi connectivity index (χ0) is 11.3. The van der Waals surface area contributed by atoms with Crippen LogP contribution in [-0.2, 0) is 6.54 Å². The molecule has 0 aromatic carbocycles. The number of H-pyrrole nitrogens is 1. The van der Waals surface area contributed by atoms with Crippen LogP contribution in [0.25, 0.3) is 0 Å². The lowest BCUT2D eigenvalue weighted by molar-refractivity contribution is -0.142. The van der Waals surface area contributed by atoms with E-state index in [0.29, 0.717) is 13.1 Å². The average Bonchev–Trinajstić information content (AvgIpc) is 2.53. The van der Waals surface area contributed by atoms with E-state index in [1.807, 2.05) is 12.3 Å². The summed E-state index contributed by atoms with van der Waals surface area (Å²) >= 11 is 0. The highest BCUT2D eigenvalue weighted by Crippen LogP contribution is 2.24. The quantitative estimate of drug-likeness (QED) is 0.784. The van der Waals surface area contributed by atoms with Crippen molar-refractivity contribution in [3.63, 3.8) is 0 Å². The van der Waals surface area contributed by atoms with Crippen LogP contribution in [0, 0.1) is 5.92 Å². The maximum Gasteiger partial charge on any atom is 0.389 e. The molecule has 1 aromatic rings. The van der Waals surface area contributed by atoms with E-state index in [2.05, 4.69) is 10.3 Å². The van der Waals surface area contributed by atoms with Gasteiger partial charge in [0.15, 0.2) is 0 Å². The minimum absolute atomic E-state index is 0.380. The van der Waals surface area contributed by atoms with Crippen LogP contribution >= 0.6 is 0 Å². The Balaban J connectivity index is 2.15. The van der Waals surface area contributed by atoms with Crippen LogP contribution in [0.1, 0.15) is 18.9 Å². The molecule has 0 saturated heterocycles. The Bertz CT molecular complexity index is 267. The average molecular weight is 220 g/mol. The Morgan fingerprint density at radius 1 is 1.47 bits per heavy atom. The topological polar surface area (TPSA) is 27.8 Å². The zero-order valence-corrected chi connectivity index (χ0v) is 8.56. The second-order valence-electron chi connectivity index (χ2n) is 3.77. The van der Waals surface area contributed by atoms with Crippen molar-refractivity contribution in [1.82, 2.24) is 10.3 Å². The molecule has 15 heavy (non-hydrogen) atoms. The van der Waals surface area contributed by atoms with Crippen LogP contribution in [-0.4, -0.2) is 17.7 Å². The van der Waals surface area contributed by atoms with Crippen molar-refractivity contribution in [2.45, 2.75) is 26.1 Å². The van der Waals surface area contributed by atoms with Crippen LogP contribution in [0.3, 0.4) is 0 Å². The van der Waals surface area contributed by atoms with Gasteiger partial charge in [0.25, 0.3) is 0 Å². The van der Waals surface area contributed by atoms with Gasteiger partial charge in [0, 0.05) is 25.4 Å². The predicted molar refractivity (Wildman–Crippen MR) is 52.3 cm³/mol. The highest BCUT2D eigenvalue weighted by molar-refractivity contribution is 5.07. The van der Waals surface area contributed by atoms with Crippen LogP contribution in [0.2, 0.25) is 0 Å². The molecule has 0 amide bonds. The number of alkyl halides is 3. The van der Waals surface area contributed by atoms with E-state index in [4.69, 9.17) is 0 Å². The van der Waals surface area contributed by atoms with Gasteiger partial charge in [0.1, 0.15) is 0 Å². The molecule has 1 heterocycles. The van der Waals surface area contributed by atoms with Crippen molar-refractivity contribution in [1.29, 1.82) is 0 Å². The highest BCUT2D eigenvalue weighted by Gasteiger charge is 2.29. The highest BCUT2D eigenvalue weighted by atomic mass is 19.4. The van der Waals surface area contributed by atoms with E-state index in [1.165, 1.54) is 0 Å². The monoisotopic (exact) mass is 220 g/mol. The molecule has 86 valence electrons. The molecule has 0 bridgehead atoms. The fraction of sp³-hybridized carbons (Fsp3) is 0.600. The van der Waals surface area contributed by atoms with Gasteiger partial charge in [-0.15, -0.1) is 0 Å². The van der Waals surface area contributed by atoms with Crippen LogP contribution in [0.5, 0.6) is 0 Å². The van der Waals surface area contributed by atoms with Crippen LogP contribution < -0.4 is 5.32 Å². The Kier molecular flexibility index (Phi) is 4.20. The lowest BCUT2D eigenvalue weighted by atomic mass is 10.1. The smallest absolute Gasteiger partial charge is 0.367 e. The summed E-state index contributed by atoms with van der Waals surface area (Å²) in [4.78, 5) is 2.89. The first-order valence-electron chi connectivity index (χ1n) is 4.86. The van der Waals surface area contributed by atoms with Gasteiger partial charge in [0.2, 0.25) is 0 Å². The van der Waals surface area contributed by atoms with Gasteiger partial charge in [-0.05, 0) is 24.1 Å². The van der Waals surface area contributed by atoms with Crippen LogP contribution in [0.4, 0.5) is 13.2 Å². The molecule has 0 aliphatic carbocycles. The number of hydrogen-bond acceptors (Lipinski definition) is 1. The number of aromatic amines is 1. The molecule has 1 atom stereocenters. The van der Waals surface area contributed by atoms with Gasteiger partial charge in [-0.3, -0.25) is 0 Å². The fourth-order valence-corrected chi connectivity index (χ4v) is 1.40. The fourth-order valence-electron chi connectivity index (χ4n) is 1.40. The summed E-state index contributed by atoms with van der Waals surface area (Å²) < 4.78 is 35.9. The molecule has 0 aliphatic rings. The van der Waals surface area contributed by atoms with E-state index in [0.717, 1.165) is 5.56 Å². The lowest BCUT2D eigenvalue weighted by Crippen LogP contribution is -2.24. The first kappa shape index (κ1) is 12.1. The molecular weight excluding hydrogens is 205 g/mol. The van der Waals surface area contributed by atoms with Crippen molar-refractivity contribution >= 4 is 0 Å². The van der Waals surface area contributed by atoms with Crippen molar-refractivity contribution in [3.8, 4) is 0 Å². The Labute approximate surface area is 86.9 Å². The third-order valence-corrected chi connectivity index (χ3v) is 2.06. The maximum atomic E-state index is 12.0. The molecule has 1 aromatic heterocycles. The molecule has 0 saturated carbocycles. The number of nitrogens with one attached hydrogen (secondary N) is 2. The second-order valence-corrected chi connectivity index (χ2v) is 3.77. The zero-order valence-electron chi connectivity index (χ0n) is 8.56. The molecule has 5 heteroatoms. The number of rotatable bonds is 5. The largest absolute Gasteiger partial charge is 0.389 e. The van der Waals surface area contributed by atoms with Crippen LogP contribution in [0.15, 0.2) is 18.5 Å². The first-order chi connectivity index (χ1) is 6.97.